The molecule has 1 nitrogen and oxygen atoms in total. The lowest BCUT2D eigenvalue weighted by molar-refractivity contribution is -0.00409. The van der Waals surface area contributed by atoms with Gasteiger partial charge in [0, 0.05) is 11.8 Å². The van der Waals surface area contributed by atoms with Crippen molar-refractivity contribution in [1.82, 2.24) is 0 Å². The molecule has 2 atom stereocenters. The zero-order valence-corrected chi connectivity index (χ0v) is 12.6. The van der Waals surface area contributed by atoms with Crippen LogP contribution < -0.4 is 0 Å². The molecule has 0 aliphatic heterocycles. The van der Waals surface area contributed by atoms with Crippen molar-refractivity contribution in [3.05, 3.63) is 0 Å². The molecular weight excluding hydrogens is 346 g/mol. The minimum absolute atomic E-state index is 0.118. The molecule has 2 unspecified atom stereocenters. The van der Waals surface area contributed by atoms with Gasteiger partial charge in [-0.05, 0) is 12.8 Å². The molecule has 0 heterocycles. The number of hydrogen-bond acceptors (Lipinski definition) is 1. The van der Waals surface area contributed by atoms with E-state index in [0.29, 0.717) is 21.8 Å². The third kappa shape index (κ3) is 5.42. The Morgan fingerprint density at radius 3 is 2.13 bits per heavy atom. The molecule has 15 heavy (non-hydrogen) atoms. The van der Waals surface area contributed by atoms with Gasteiger partial charge in [-0.1, -0.05) is 48.3 Å². The van der Waals surface area contributed by atoms with Gasteiger partial charge in [0.05, 0.1) is 16.1 Å². The fourth-order valence-corrected chi connectivity index (χ4v) is 3.15. The summed E-state index contributed by atoms with van der Waals surface area (Å²) in [5, 5.41) is 0. The highest BCUT2D eigenvalue weighted by molar-refractivity contribution is 14.1. The minimum atomic E-state index is 0.118. The predicted molar refractivity (Wildman–Crippen MR) is 75.6 cm³/mol. The summed E-state index contributed by atoms with van der Waals surface area (Å²) in [6, 6.07) is 0. The molecule has 0 radical (unpaired) electrons. The Bertz CT molecular complexity index is 161. The Morgan fingerprint density at radius 1 is 1.07 bits per heavy atom. The lowest BCUT2D eigenvalue weighted by Gasteiger charge is -2.25. The number of alkyl halides is 3. The van der Waals surface area contributed by atoms with Crippen molar-refractivity contribution in [2.75, 3.05) is 11.8 Å². The maximum absolute atomic E-state index is 6.05. The van der Waals surface area contributed by atoms with Crippen molar-refractivity contribution >= 4 is 45.8 Å². The van der Waals surface area contributed by atoms with E-state index >= 15 is 0 Å². The van der Waals surface area contributed by atoms with E-state index in [4.69, 9.17) is 27.9 Å². The quantitative estimate of drug-likeness (QED) is 0.399. The van der Waals surface area contributed by atoms with Gasteiger partial charge < -0.3 is 4.74 Å². The first-order valence-corrected chi connectivity index (χ1v) is 8.01. The van der Waals surface area contributed by atoms with Crippen LogP contribution in [0, 0.1) is 0 Å². The average molecular weight is 365 g/mol. The smallest absolute Gasteiger partial charge is 0.0843 e. The molecule has 1 aliphatic rings. The molecule has 1 aliphatic carbocycles. The van der Waals surface area contributed by atoms with Gasteiger partial charge in [-0.25, -0.2) is 0 Å². The molecule has 4 heteroatoms. The van der Waals surface area contributed by atoms with Crippen molar-refractivity contribution in [2.24, 2.45) is 0 Å². The van der Waals surface area contributed by atoms with Crippen LogP contribution in [-0.4, -0.2) is 27.9 Å². The molecule has 1 saturated carbocycles. The molecule has 1 rings (SSSR count). The normalized spacial score (nSPS) is 23.4. The Balaban J connectivity index is 2.35. The fourth-order valence-electron chi connectivity index (χ4n) is 1.94. The summed E-state index contributed by atoms with van der Waals surface area (Å²) in [5.41, 5.74) is 0. The highest BCUT2D eigenvalue weighted by Gasteiger charge is 2.22. The summed E-state index contributed by atoms with van der Waals surface area (Å²) in [6.07, 6.45) is 8.23. The molecule has 0 amide bonds. The highest BCUT2D eigenvalue weighted by atomic mass is 127. The van der Waals surface area contributed by atoms with Crippen molar-refractivity contribution in [2.45, 2.75) is 54.7 Å². The van der Waals surface area contributed by atoms with E-state index in [-0.39, 0.29) is 6.10 Å². The Hall–Kier alpha value is 1.27. The van der Waals surface area contributed by atoms with Crippen LogP contribution in [0.5, 0.6) is 0 Å². The molecule has 0 spiro atoms. The minimum Gasteiger partial charge on any atom is -0.373 e. The third-order valence-corrected chi connectivity index (χ3v) is 5.27. The van der Waals surface area contributed by atoms with E-state index < -0.39 is 0 Å². The van der Waals surface area contributed by atoms with Crippen LogP contribution in [0.3, 0.4) is 0 Å². The van der Waals surface area contributed by atoms with Gasteiger partial charge in [0.1, 0.15) is 0 Å². The molecule has 0 bridgehead atoms. The zero-order chi connectivity index (χ0) is 11.1. The van der Waals surface area contributed by atoms with E-state index in [1.807, 2.05) is 0 Å². The monoisotopic (exact) mass is 364 g/mol. The molecule has 90 valence electrons. The van der Waals surface area contributed by atoms with Crippen molar-refractivity contribution < 1.29 is 4.74 Å². The van der Waals surface area contributed by atoms with Crippen molar-refractivity contribution in [3.63, 3.8) is 0 Å². The summed E-state index contributed by atoms with van der Waals surface area (Å²) in [4.78, 5) is 0. The molecule has 0 N–H and O–H groups in total. The molecule has 1 fully saturated rings. The Morgan fingerprint density at radius 2 is 1.67 bits per heavy atom. The van der Waals surface area contributed by atoms with Crippen molar-refractivity contribution in [1.29, 1.82) is 0 Å². The van der Waals surface area contributed by atoms with Crippen LogP contribution in [0.25, 0.3) is 0 Å². The zero-order valence-electron chi connectivity index (χ0n) is 8.93. The predicted octanol–water partition coefficient (Wildman–Crippen LogP) is 4.38. The van der Waals surface area contributed by atoms with E-state index in [1.54, 1.807) is 0 Å². The number of hydrogen-bond donors (Lipinski definition) is 0. The molecule has 0 aromatic carbocycles. The SMILES string of the molecule is ClCC(I)C(CCl)OC1CCCCCC1. The maximum Gasteiger partial charge on any atom is 0.0843 e. The van der Waals surface area contributed by atoms with Gasteiger partial charge in [0.15, 0.2) is 0 Å². The largest absolute Gasteiger partial charge is 0.373 e. The fraction of sp³-hybridized carbons (Fsp3) is 1.00. The highest BCUT2D eigenvalue weighted by Crippen LogP contribution is 2.24. The number of ether oxygens (including phenoxy) is 1. The lowest BCUT2D eigenvalue weighted by Crippen LogP contribution is -2.32. The lowest BCUT2D eigenvalue weighted by atomic mass is 10.1. The van der Waals surface area contributed by atoms with E-state index in [2.05, 4.69) is 22.6 Å². The summed E-state index contributed by atoms with van der Waals surface area (Å²) < 4.78 is 6.37. The summed E-state index contributed by atoms with van der Waals surface area (Å²) >= 11 is 14.1. The topological polar surface area (TPSA) is 9.23 Å². The van der Waals surface area contributed by atoms with Gasteiger partial charge >= 0.3 is 0 Å². The van der Waals surface area contributed by atoms with Crippen LogP contribution in [-0.2, 0) is 4.74 Å². The van der Waals surface area contributed by atoms with Crippen molar-refractivity contribution in [3.8, 4) is 0 Å². The van der Waals surface area contributed by atoms with E-state index in [0.717, 1.165) is 0 Å². The molecular formula is C11H19Cl2IO. The van der Waals surface area contributed by atoms with Gasteiger partial charge in [0.25, 0.3) is 0 Å². The second-order valence-electron chi connectivity index (χ2n) is 4.11. The van der Waals surface area contributed by atoms with Gasteiger partial charge in [0.2, 0.25) is 0 Å². The molecule has 0 aromatic rings. The average Bonchev–Trinajstić information content (AvgIpc) is 2.53. The summed E-state index contributed by atoms with van der Waals surface area (Å²) in [6.45, 7) is 0. The maximum atomic E-state index is 6.05. The third-order valence-electron chi connectivity index (χ3n) is 2.87. The second-order valence-corrected chi connectivity index (χ2v) is 6.33. The first-order chi connectivity index (χ1) is 7.27. The first-order valence-electron chi connectivity index (χ1n) is 5.69. The Labute approximate surface area is 116 Å². The second kappa shape index (κ2) is 8.37. The van der Waals surface area contributed by atoms with Crippen LogP contribution in [0.2, 0.25) is 0 Å². The molecule has 0 saturated heterocycles. The first kappa shape index (κ1) is 14.3. The van der Waals surface area contributed by atoms with E-state index in [1.165, 1.54) is 38.5 Å². The van der Waals surface area contributed by atoms with Crippen LogP contribution >= 0.6 is 45.8 Å². The van der Waals surface area contributed by atoms with Gasteiger partial charge in [-0.2, -0.15) is 0 Å². The van der Waals surface area contributed by atoms with Crippen LogP contribution in [0.1, 0.15) is 38.5 Å². The summed E-state index contributed by atoms with van der Waals surface area (Å²) in [7, 11) is 0. The Kier molecular flexibility index (Phi) is 8.00. The van der Waals surface area contributed by atoms with Gasteiger partial charge in [-0.15, -0.1) is 23.2 Å². The number of rotatable bonds is 5. The molecule has 0 aromatic heterocycles. The van der Waals surface area contributed by atoms with Crippen LogP contribution in [0.15, 0.2) is 0 Å². The standard InChI is InChI=1S/C11H19Cl2IO/c12-7-10(14)11(8-13)15-9-5-3-1-2-4-6-9/h9-11H,1-8H2. The van der Waals surface area contributed by atoms with Crippen LogP contribution in [0.4, 0.5) is 0 Å². The number of halogens is 3. The summed E-state index contributed by atoms with van der Waals surface area (Å²) in [5.74, 6) is 1.17. The van der Waals surface area contributed by atoms with Gasteiger partial charge in [-0.3, -0.25) is 0 Å². The van der Waals surface area contributed by atoms with E-state index in [9.17, 15) is 0 Å².